The molecular formula is C10H17O3. The molecule has 1 radical (unpaired) electrons. The molecule has 0 atom stereocenters. The first-order valence-electron chi connectivity index (χ1n) is 4.43. The molecule has 0 aromatic carbocycles. The Morgan fingerprint density at radius 1 is 1.31 bits per heavy atom. The average Bonchev–Trinajstić information content (AvgIpc) is 1.81. The fourth-order valence-corrected chi connectivity index (χ4v) is 0.790. The van der Waals surface area contributed by atoms with Crippen LogP contribution in [0.4, 0.5) is 0 Å². The van der Waals surface area contributed by atoms with Crippen molar-refractivity contribution in [3.05, 3.63) is 6.42 Å². The molecule has 0 rings (SSSR count). The van der Waals surface area contributed by atoms with E-state index in [-0.39, 0.29) is 11.8 Å². The minimum Gasteiger partial charge on any atom is -0.393 e. The summed E-state index contributed by atoms with van der Waals surface area (Å²) in [6.07, 6.45) is 2.19. The summed E-state index contributed by atoms with van der Waals surface area (Å²) < 4.78 is 4.53. The van der Waals surface area contributed by atoms with Crippen molar-refractivity contribution in [2.24, 2.45) is 5.41 Å². The van der Waals surface area contributed by atoms with Crippen molar-refractivity contribution in [1.82, 2.24) is 0 Å². The van der Waals surface area contributed by atoms with E-state index in [0.29, 0.717) is 6.42 Å². The lowest BCUT2D eigenvalue weighted by atomic mass is 9.92. The van der Waals surface area contributed by atoms with Crippen LogP contribution in [0.3, 0.4) is 0 Å². The lowest BCUT2D eigenvalue weighted by molar-refractivity contribution is -0.158. The van der Waals surface area contributed by atoms with Gasteiger partial charge in [-0.1, -0.05) is 27.7 Å². The van der Waals surface area contributed by atoms with Gasteiger partial charge in [0.15, 0.2) is 0 Å². The second-order valence-corrected chi connectivity index (χ2v) is 4.14. The van der Waals surface area contributed by atoms with Crippen molar-refractivity contribution in [3.8, 4) is 0 Å². The van der Waals surface area contributed by atoms with Crippen LogP contribution in [0.5, 0.6) is 0 Å². The molecule has 0 saturated heterocycles. The normalized spacial score (nSPS) is 11.1. The molecule has 0 aromatic rings. The van der Waals surface area contributed by atoms with Crippen LogP contribution in [0.15, 0.2) is 0 Å². The Balaban J connectivity index is 3.82. The Hall–Kier alpha value is -0.860. The molecule has 0 aliphatic heterocycles. The molecule has 0 spiro atoms. The van der Waals surface area contributed by atoms with Gasteiger partial charge in [-0.3, -0.25) is 9.59 Å². The molecule has 0 aromatic heterocycles. The lowest BCUT2D eigenvalue weighted by Crippen LogP contribution is -2.18. The number of ether oxygens (including phenoxy) is 1. The van der Waals surface area contributed by atoms with Gasteiger partial charge in [-0.25, -0.2) is 0 Å². The lowest BCUT2D eigenvalue weighted by Gasteiger charge is -2.15. The third kappa shape index (κ3) is 7.50. The smallest absolute Gasteiger partial charge is 0.317 e. The highest BCUT2D eigenvalue weighted by atomic mass is 16.6. The van der Waals surface area contributed by atoms with E-state index in [1.54, 1.807) is 0 Å². The van der Waals surface area contributed by atoms with Crippen LogP contribution in [0.1, 0.15) is 40.5 Å². The summed E-state index contributed by atoms with van der Waals surface area (Å²) >= 11 is 0. The van der Waals surface area contributed by atoms with Crippen molar-refractivity contribution < 1.29 is 14.3 Å². The fraction of sp³-hybridized carbons (Fsp3) is 0.700. The molecule has 0 aliphatic rings. The van der Waals surface area contributed by atoms with Gasteiger partial charge in [0.25, 0.3) is 0 Å². The van der Waals surface area contributed by atoms with Crippen LogP contribution in [-0.2, 0) is 14.3 Å². The minimum atomic E-state index is -0.545. The monoisotopic (exact) mass is 185 g/mol. The van der Waals surface area contributed by atoms with Crippen molar-refractivity contribution in [1.29, 1.82) is 0 Å². The van der Waals surface area contributed by atoms with E-state index in [0.717, 1.165) is 0 Å². The van der Waals surface area contributed by atoms with Crippen LogP contribution in [-0.4, -0.2) is 11.9 Å². The quantitative estimate of drug-likeness (QED) is 0.499. The maximum absolute atomic E-state index is 11.1. The summed E-state index contributed by atoms with van der Waals surface area (Å²) in [5.41, 5.74) is -0.135. The van der Waals surface area contributed by atoms with E-state index in [1.165, 1.54) is 6.42 Å². The number of carbonyl (C=O) groups excluding carboxylic acids is 2. The van der Waals surface area contributed by atoms with Crippen LogP contribution >= 0.6 is 0 Å². The second-order valence-electron chi connectivity index (χ2n) is 4.14. The zero-order chi connectivity index (χ0) is 10.5. The Morgan fingerprint density at radius 2 is 1.85 bits per heavy atom. The van der Waals surface area contributed by atoms with Gasteiger partial charge in [0.05, 0.1) is 12.8 Å². The Labute approximate surface area is 79.5 Å². The van der Waals surface area contributed by atoms with Crippen molar-refractivity contribution in [2.45, 2.75) is 40.5 Å². The standard InChI is InChI=1S/C10H17O3/c1-5-6-8(11)13-9(12)7-10(2,3)4/h6H,5,7H2,1-4H3. The van der Waals surface area contributed by atoms with E-state index in [4.69, 9.17) is 0 Å². The Kier molecular flexibility index (Phi) is 4.67. The van der Waals surface area contributed by atoms with E-state index in [2.05, 4.69) is 4.74 Å². The third-order valence-electron chi connectivity index (χ3n) is 1.26. The largest absolute Gasteiger partial charge is 0.393 e. The third-order valence-corrected chi connectivity index (χ3v) is 1.26. The molecule has 0 amide bonds. The molecule has 13 heavy (non-hydrogen) atoms. The number of hydrogen-bond acceptors (Lipinski definition) is 3. The van der Waals surface area contributed by atoms with Gasteiger partial charge in [0, 0.05) is 0 Å². The van der Waals surface area contributed by atoms with Gasteiger partial charge in [-0.05, 0) is 11.8 Å². The number of esters is 2. The van der Waals surface area contributed by atoms with Crippen LogP contribution < -0.4 is 0 Å². The number of hydrogen-bond donors (Lipinski definition) is 0. The summed E-state index contributed by atoms with van der Waals surface area (Å²) in [5, 5.41) is 0. The SMILES string of the molecule is CC[CH]C(=O)OC(=O)CC(C)(C)C. The predicted molar refractivity (Wildman–Crippen MR) is 49.8 cm³/mol. The zero-order valence-corrected chi connectivity index (χ0v) is 8.72. The minimum absolute atomic E-state index is 0.135. The molecule has 0 unspecified atom stereocenters. The van der Waals surface area contributed by atoms with Crippen LogP contribution in [0, 0.1) is 11.8 Å². The highest BCUT2D eigenvalue weighted by Gasteiger charge is 2.19. The summed E-state index contributed by atoms with van der Waals surface area (Å²) in [5.74, 6) is -1.00. The molecular weight excluding hydrogens is 168 g/mol. The van der Waals surface area contributed by atoms with Gasteiger partial charge in [-0.2, -0.15) is 0 Å². The van der Waals surface area contributed by atoms with Gasteiger partial charge < -0.3 is 4.74 Å². The summed E-state index contributed by atoms with van der Waals surface area (Å²) in [6, 6.07) is 0. The molecule has 75 valence electrons. The highest BCUT2D eigenvalue weighted by molar-refractivity contribution is 5.90. The van der Waals surface area contributed by atoms with Gasteiger partial charge in [-0.15, -0.1) is 0 Å². The molecule has 0 bridgehead atoms. The van der Waals surface area contributed by atoms with E-state index >= 15 is 0 Å². The van der Waals surface area contributed by atoms with Gasteiger partial charge >= 0.3 is 11.9 Å². The summed E-state index contributed by atoms with van der Waals surface area (Å²) in [6.45, 7) is 7.57. The molecule has 0 N–H and O–H groups in total. The molecule has 3 nitrogen and oxygen atoms in total. The average molecular weight is 185 g/mol. The fourth-order valence-electron chi connectivity index (χ4n) is 0.790. The van der Waals surface area contributed by atoms with Gasteiger partial charge in [0.2, 0.25) is 0 Å². The first kappa shape index (κ1) is 12.1. The number of carbonyl (C=O) groups is 2. The van der Waals surface area contributed by atoms with Crippen LogP contribution in [0.25, 0.3) is 0 Å². The van der Waals surface area contributed by atoms with Crippen molar-refractivity contribution in [2.75, 3.05) is 0 Å². The van der Waals surface area contributed by atoms with Crippen molar-refractivity contribution >= 4 is 11.9 Å². The molecule has 0 aliphatic carbocycles. The van der Waals surface area contributed by atoms with Crippen molar-refractivity contribution in [3.63, 3.8) is 0 Å². The first-order chi connectivity index (χ1) is 5.85. The predicted octanol–water partition coefficient (Wildman–Crippen LogP) is 2.11. The first-order valence-corrected chi connectivity index (χ1v) is 4.43. The molecule has 0 fully saturated rings. The van der Waals surface area contributed by atoms with Crippen LogP contribution in [0.2, 0.25) is 0 Å². The molecule has 3 heteroatoms. The second kappa shape index (κ2) is 5.00. The molecule has 0 saturated carbocycles. The van der Waals surface area contributed by atoms with E-state index in [9.17, 15) is 9.59 Å². The van der Waals surface area contributed by atoms with Gasteiger partial charge in [0.1, 0.15) is 0 Å². The maximum Gasteiger partial charge on any atom is 0.317 e. The Morgan fingerprint density at radius 3 is 2.23 bits per heavy atom. The molecule has 0 heterocycles. The maximum atomic E-state index is 11.1. The van der Waals surface area contributed by atoms with E-state index < -0.39 is 11.9 Å². The highest BCUT2D eigenvalue weighted by Crippen LogP contribution is 2.18. The summed E-state index contributed by atoms with van der Waals surface area (Å²) in [4.78, 5) is 21.9. The zero-order valence-electron chi connectivity index (χ0n) is 8.72. The summed E-state index contributed by atoms with van der Waals surface area (Å²) in [7, 11) is 0. The number of rotatable bonds is 3. The van der Waals surface area contributed by atoms with E-state index in [1.807, 2.05) is 27.7 Å². The topological polar surface area (TPSA) is 43.4 Å². The Bertz CT molecular complexity index is 189.